The molecule has 0 aliphatic carbocycles. The van der Waals surface area contributed by atoms with Crippen LogP contribution in [-0.2, 0) is 13.0 Å². The highest BCUT2D eigenvalue weighted by molar-refractivity contribution is 9.10. The fourth-order valence-electron chi connectivity index (χ4n) is 2.59. The Morgan fingerprint density at radius 2 is 1.56 bits per heavy atom. The van der Waals surface area contributed by atoms with Crippen molar-refractivity contribution in [3.05, 3.63) is 104 Å². The average Bonchev–Trinajstić information content (AvgIpc) is 2.57. The van der Waals surface area contributed by atoms with E-state index >= 15 is 0 Å². The molecule has 1 heterocycles. The van der Waals surface area contributed by atoms with Crippen LogP contribution in [0.4, 0.5) is 13.2 Å². The molecule has 6 heteroatoms. The normalized spacial score (nSPS) is 10.9. The van der Waals surface area contributed by atoms with E-state index in [2.05, 4.69) is 15.9 Å². The van der Waals surface area contributed by atoms with E-state index in [4.69, 9.17) is 0 Å². The molecule has 3 rings (SSSR count). The van der Waals surface area contributed by atoms with Gasteiger partial charge in [0.05, 0.1) is 11.0 Å². The summed E-state index contributed by atoms with van der Waals surface area (Å²) in [6.07, 6.45) is 1.47. The van der Waals surface area contributed by atoms with Gasteiger partial charge in [-0.25, -0.2) is 13.2 Å². The number of halogens is 4. The van der Waals surface area contributed by atoms with Gasteiger partial charge in [-0.2, -0.15) is 0 Å². The van der Waals surface area contributed by atoms with Gasteiger partial charge in [0.2, 0.25) is 0 Å². The Morgan fingerprint density at radius 1 is 0.920 bits per heavy atom. The van der Waals surface area contributed by atoms with E-state index in [1.54, 1.807) is 18.2 Å². The first kappa shape index (κ1) is 17.5. The van der Waals surface area contributed by atoms with Crippen molar-refractivity contribution in [2.24, 2.45) is 0 Å². The SMILES string of the molecule is O=c1c(Br)cc(Cc2c(F)cccc2F)cn1Cc1ccccc1F. The molecule has 0 saturated heterocycles. The van der Waals surface area contributed by atoms with E-state index in [9.17, 15) is 18.0 Å². The van der Waals surface area contributed by atoms with Gasteiger partial charge < -0.3 is 4.57 Å². The van der Waals surface area contributed by atoms with Crippen LogP contribution in [0.15, 0.2) is 64.0 Å². The average molecular weight is 408 g/mol. The minimum Gasteiger partial charge on any atom is -0.310 e. The number of hydrogen-bond acceptors (Lipinski definition) is 1. The highest BCUT2D eigenvalue weighted by Crippen LogP contribution is 2.19. The molecule has 0 amide bonds. The summed E-state index contributed by atoms with van der Waals surface area (Å²) in [5.74, 6) is -1.72. The van der Waals surface area contributed by atoms with Gasteiger partial charge >= 0.3 is 0 Å². The van der Waals surface area contributed by atoms with Crippen LogP contribution in [0.25, 0.3) is 0 Å². The molecule has 2 aromatic carbocycles. The van der Waals surface area contributed by atoms with E-state index in [-0.39, 0.29) is 28.6 Å². The lowest BCUT2D eigenvalue weighted by Crippen LogP contribution is -2.22. The zero-order chi connectivity index (χ0) is 18.0. The third kappa shape index (κ3) is 3.85. The monoisotopic (exact) mass is 407 g/mol. The van der Waals surface area contributed by atoms with Crippen LogP contribution in [0.5, 0.6) is 0 Å². The van der Waals surface area contributed by atoms with Crippen LogP contribution in [0.3, 0.4) is 0 Å². The molecule has 2 nitrogen and oxygen atoms in total. The lowest BCUT2D eigenvalue weighted by atomic mass is 10.1. The molecule has 0 unspecified atom stereocenters. The second-order valence-corrected chi connectivity index (χ2v) is 6.45. The maximum atomic E-state index is 13.8. The first-order valence-electron chi connectivity index (χ1n) is 7.51. The topological polar surface area (TPSA) is 22.0 Å². The number of pyridine rings is 1. The minimum atomic E-state index is -0.650. The summed E-state index contributed by atoms with van der Waals surface area (Å²) in [6.45, 7) is 0.0255. The Kier molecular flexibility index (Phi) is 5.08. The van der Waals surface area contributed by atoms with Crippen LogP contribution in [0, 0.1) is 17.5 Å². The number of hydrogen-bond donors (Lipinski definition) is 0. The second kappa shape index (κ2) is 7.27. The first-order valence-corrected chi connectivity index (χ1v) is 8.30. The molecule has 0 atom stereocenters. The van der Waals surface area contributed by atoms with E-state index in [1.165, 1.54) is 41.1 Å². The fraction of sp³-hybridized carbons (Fsp3) is 0.105. The Hall–Kier alpha value is -2.34. The Labute approximate surface area is 150 Å². The van der Waals surface area contributed by atoms with Crippen molar-refractivity contribution in [3.8, 4) is 0 Å². The fourth-order valence-corrected chi connectivity index (χ4v) is 3.11. The van der Waals surface area contributed by atoms with Crippen LogP contribution in [0.2, 0.25) is 0 Å². The zero-order valence-corrected chi connectivity index (χ0v) is 14.6. The van der Waals surface area contributed by atoms with Crippen LogP contribution >= 0.6 is 15.9 Å². The van der Waals surface area contributed by atoms with E-state index in [0.29, 0.717) is 11.1 Å². The largest absolute Gasteiger partial charge is 0.310 e. The number of benzene rings is 2. The predicted molar refractivity (Wildman–Crippen MR) is 93.1 cm³/mol. The Morgan fingerprint density at radius 3 is 2.24 bits per heavy atom. The summed E-state index contributed by atoms with van der Waals surface area (Å²) in [4.78, 5) is 12.3. The maximum absolute atomic E-state index is 13.8. The molecule has 0 radical (unpaired) electrons. The summed E-state index contributed by atoms with van der Waals surface area (Å²) < 4.78 is 43.1. The molecule has 0 bridgehead atoms. The molecular formula is C19H13BrF3NO. The standard InChI is InChI=1S/C19H13BrF3NO/c20-15-9-12(8-14-17(22)6-3-7-18(14)23)10-24(19(15)25)11-13-4-1-2-5-16(13)21/h1-7,9-10H,8,11H2. The van der Waals surface area contributed by atoms with Crippen molar-refractivity contribution in [2.75, 3.05) is 0 Å². The third-order valence-corrected chi connectivity index (χ3v) is 4.41. The highest BCUT2D eigenvalue weighted by atomic mass is 79.9. The van der Waals surface area contributed by atoms with Gasteiger partial charge in [-0.1, -0.05) is 24.3 Å². The quantitative estimate of drug-likeness (QED) is 0.615. The van der Waals surface area contributed by atoms with Gasteiger partial charge in [0.15, 0.2) is 0 Å². The van der Waals surface area contributed by atoms with Gasteiger partial charge in [0, 0.05) is 23.7 Å². The van der Waals surface area contributed by atoms with E-state index < -0.39 is 17.5 Å². The van der Waals surface area contributed by atoms with Crippen molar-refractivity contribution < 1.29 is 13.2 Å². The highest BCUT2D eigenvalue weighted by Gasteiger charge is 2.12. The molecule has 25 heavy (non-hydrogen) atoms. The van der Waals surface area contributed by atoms with E-state index in [0.717, 1.165) is 0 Å². The minimum absolute atomic E-state index is 0.0192. The summed E-state index contributed by atoms with van der Waals surface area (Å²) in [5, 5.41) is 0. The van der Waals surface area contributed by atoms with Crippen molar-refractivity contribution >= 4 is 15.9 Å². The van der Waals surface area contributed by atoms with Crippen LogP contribution in [-0.4, -0.2) is 4.57 Å². The second-order valence-electron chi connectivity index (χ2n) is 5.60. The number of aromatic nitrogens is 1. The maximum Gasteiger partial charge on any atom is 0.265 e. The van der Waals surface area contributed by atoms with Crippen molar-refractivity contribution in [1.82, 2.24) is 4.57 Å². The molecule has 1 aromatic heterocycles. The van der Waals surface area contributed by atoms with Crippen molar-refractivity contribution in [2.45, 2.75) is 13.0 Å². The zero-order valence-electron chi connectivity index (χ0n) is 13.0. The Balaban J connectivity index is 1.99. The summed E-state index contributed by atoms with van der Waals surface area (Å²) in [7, 11) is 0. The predicted octanol–water partition coefficient (Wildman–Crippen LogP) is 4.67. The van der Waals surface area contributed by atoms with Crippen LogP contribution in [0.1, 0.15) is 16.7 Å². The first-order chi connectivity index (χ1) is 12.0. The van der Waals surface area contributed by atoms with Crippen molar-refractivity contribution in [1.29, 1.82) is 0 Å². The number of rotatable bonds is 4. The molecule has 0 spiro atoms. The summed E-state index contributed by atoms with van der Waals surface area (Å²) >= 11 is 3.16. The van der Waals surface area contributed by atoms with Gasteiger partial charge in [0.25, 0.3) is 5.56 Å². The number of nitrogens with zero attached hydrogens (tertiary/aromatic N) is 1. The molecule has 0 saturated carbocycles. The molecule has 128 valence electrons. The lowest BCUT2D eigenvalue weighted by Gasteiger charge is -2.11. The van der Waals surface area contributed by atoms with E-state index in [1.807, 2.05) is 0 Å². The van der Waals surface area contributed by atoms with Gasteiger partial charge in [-0.05, 0) is 45.8 Å². The van der Waals surface area contributed by atoms with Gasteiger partial charge in [-0.3, -0.25) is 4.79 Å². The molecule has 0 fully saturated rings. The molecular weight excluding hydrogens is 395 g/mol. The lowest BCUT2D eigenvalue weighted by molar-refractivity contribution is 0.560. The van der Waals surface area contributed by atoms with Gasteiger partial charge in [-0.15, -0.1) is 0 Å². The van der Waals surface area contributed by atoms with Gasteiger partial charge in [0.1, 0.15) is 17.5 Å². The molecule has 0 aliphatic heterocycles. The smallest absolute Gasteiger partial charge is 0.265 e. The van der Waals surface area contributed by atoms with Crippen LogP contribution < -0.4 is 5.56 Å². The summed E-state index contributed by atoms with van der Waals surface area (Å²) in [5.41, 5.74) is 0.462. The molecule has 3 aromatic rings. The third-order valence-electron chi connectivity index (χ3n) is 3.84. The Bertz CT molecular complexity index is 964. The summed E-state index contributed by atoms with van der Waals surface area (Å²) in [6, 6.07) is 11.3. The molecule has 0 N–H and O–H groups in total. The molecule has 0 aliphatic rings. The van der Waals surface area contributed by atoms with Crippen molar-refractivity contribution in [3.63, 3.8) is 0 Å².